The summed E-state index contributed by atoms with van der Waals surface area (Å²) in [4.78, 5) is 22.4. The Morgan fingerprint density at radius 2 is 1.87 bits per heavy atom. The number of thiazole rings is 1. The lowest BCUT2D eigenvalue weighted by atomic mass is 10.2. The molecule has 5 rings (SSSR count). The standard InChI is InChI=1S/C20H18ClN7OS2/c21-17-7-6-16(31-17)19-22-14(13-30-19)12-18(29)26-8-10-27(11-9-26)20-23-24-25-28(20)15-4-2-1-3-5-15/h1-7,13H,8-12H2. The van der Waals surface area contributed by atoms with Crippen molar-refractivity contribution in [1.82, 2.24) is 30.1 Å². The molecular weight excluding hydrogens is 454 g/mol. The number of para-hydroxylation sites is 1. The first-order valence-electron chi connectivity index (χ1n) is 9.74. The number of rotatable bonds is 5. The fraction of sp³-hybridized carbons (Fsp3) is 0.250. The molecule has 0 aliphatic carbocycles. The highest BCUT2D eigenvalue weighted by molar-refractivity contribution is 7.23. The van der Waals surface area contributed by atoms with Gasteiger partial charge in [0.15, 0.2) is 0 Å². The second-order valence-electron chi connectivity index (χ2n) is 7.02. The van der Waals surface area contributed by atoms with Crippen LogP contribution in [0.1, 0.15) is 5.69 Å². The number of halogens is 1. The number of anilines is 1. The molecule has 1 aliphatic rings. The number of tetrazole rings is 1. The fourth-order valence-corrected chi connectivity index (χ4v) is 5.40. The zero-order valence-corrected chi connectivity index (χ0v) is 18.8. The molecule has 4 aromatic rings. The van der Waals surface area contributed by atoms with Gasteiger partial charge in [-0.05, 0) is 34.7 Å². The Morgan fingerprint density at radius 1 is 1.06 bits per heavy atom. The molecule has 0 radical (unpaired) electrons. The Morgan fingerprint density at radius 3 is 2.61 bits per heavy atom. The molecule has 0 spiro atoms. The number of nitrogens with zero attached hydrogens (tertiary/aromatic N) is 7. The molecule has 1 amide bonds. The number of thiophene rings is 1. The van der Waals surface area contributed by atoms with Crippen LogP contribution < -0.4 is 4.90 Å². The number of carbonyl (C=O) groups excluding carboxylic acids is 1. The van der Waals surface area contributed by atoms with Gasteiger partial charge >= 0.3 is 0 Å². The topological polar surface area (TPSA) is 80.0 Å². The molecule has 1 aromatic carbocycles. The van der Waals surface area contributed by atoms with E-state index in [1.807, 2.05) is 52.7 Å². The first-order chi connectivity index (χ1) is 15.2. The Labute approximate surface area is 191 Å². The summed E-state index contributed by atoms with van der Waals surface area (Å²) in [6.45, 7) is 2.60. The lowest BCUT2D eigenvalue weighted by molar-refractivity contribution is -0.130. The lowest BCUT2D eigenvalue weighted by Gasteiger charge is -2.34. The van der Waals surface area contributed by atoms with E-state index in [2.05, 4.69) is 25.4 Å². The average Bonchev–Trinajstić information content (AvgIpc) is 3.55. The Hall–Kier alpha value is -2.82. The number of piperazine rings is 1. The predicted molar refractivity (Wildman–Crippen MR) is 122 cm³/mol. The normalized spacial score (nSPS) is 14.2. The van der Waals surface area contributed by atoms with Gasteiger partial charge in [0.05, 0.1) is 27.0 Å². The van der Waals surface area contributed by atoms with E-state index >= 15 is 0 Å². The lowest BCUT2D eigenvalue weighted by Crippen LogP contribution is -2.50. The van der Waals surface area contributed by atoms with Crippen LogP contribution in [0.5, 0.6) is 0 Å². The molecule has 158 valence electrons. The summed E-state index contributed by atoms with van der Waals surface area (Å²) >= 11 is 9.05. The third-order valence-corrected chi connectivity index (χ3v) is 7.33. The van der Waals surface area contributed by atoms with Crippen molar-refractivity contribution in [2.24, 2.45) is 0 Å². The van der Waals surface area contributed by atoms with Crippen LogP contribution in [0.2, 0.25) is 4.34 Å². The van der Waals surface area contributed by atoms with Crippen molar-refractivity contribution in [3.05, 3.63) is 57.9 Å². The van der Waals surface area contributed by atoms with Gasteiger partial charge in [-0.3, -0.25) is 4.79 Å². The van der Waals surface area contributed by atoms with Crippen molar-refractivity contribution >= 4 is 46.1 Å². The van der Waals surface area contributed by atoms with Gasteiger partial charge < -0.3 is 9.80 Å². The van der Waals surface area contributed by atoms with Crippen molar-refractivity contribution in [2.45, 2.75) is 6.42 Å². The minimum Gasteiger partial charge on any atom is -0.339 e. The maximum Gasteiger partial charge on any atom is 0.250 e. The third kappa shape index (κ3) is 4.32. The van der Waals surface area contributed by atoms with Crippen LogP contribution >= 0.6 is 34.3 Å². The highest BCUT2D eigenvalue weighted by atomic mass is 35.5. The Balaban J connectivity index is 1.20. The van der Waals surface area contributed by atoms with Crippen LogP contribution in [0.4, 0.5) is 5.95 Å². The van der Waals surface area contributed by atoms with Crippen molar-refractivity contribution in [2.75, 3.05) is 31.1 Å². The number of amides is 1. The molecule has 0 bridgehead atoms. The number of aromatic nitrogens is 5. The molecule has 1 fully saturated rings. The number of benzene rings is 1. The number of hydrogen-bond acceptors (Lipinski definition) is 8. The van der Waals surface area contributed by atoms with Crippen LogP contribution in [-0.2, 0) is 11.2 Å². The number of hydrogen-bond donors (Lipinski definition) is 0. The van der Waals surface area contributed by atoms with Crippen LogP contribution in [0.25, 0.3) is 15.6 Å². The van der Waals surface area contributed by atoms with Gasteiger partial charge in [-0.25, -0.2) is 4.98 Å². The van der Waals surface area contributed by atoms with E-state index in [1.165, 1.54) is 22.7 Å². The van der Waals surface area contributed by atoms with Crippen LogP contribution in [-0.4, -0.2) is 62.2 Å². The second-order valence-corrected chi connectivity index (χ2v) is 9.59. The molecule has 0 N–H and O–H groups in total. The second kappa shape index (κ2) is 8.74. The Bertz CT molecular complexity index is 1180. The first-order valence-corrected chi connectivity index (χ1v) is 11.8. The molecule has 0 unspecified atom stereocenters. The number of carbonyl (C=O) groups is 1. The molecule has 0 atom stereocenters. The molecule has 3 aromatic heterocycles. The maximum atomic E-state index is 12.8. The van der Waals surface area contributed by atoms with Gasteiger partial charge in [-0.15, -0.1) is 22.7 Å². The monoisotopic (exact) mass is 471 g/mol. The van der Waals surface area contributed by atoms with E-state index in [0.717, 1.165) is 25.6 Å². The van der Waals surface area contributed by atoms with E-state index in [1.54, 1.807) is 4.68 Å². The molecular formula is C20H18ClN7OS2. The summed E-state index contributed by atoms with van der Waals surface area (Å²) in [7, 11) is 0. The van der Waals surface area contributed by atoms with E-state index in [9.17, 15) is 4.79 Å². The predicted octanol–water partition coefficient (Wildman–Crippen LogP) is 3.39. The molecule has 4 heterocycles. The average molecular weight is 472 g/mol. The smallest absolute Gasteiger partial charge is 0.250 e. The van der Waals surface area contributed by atoms with Crippen molar-refractivity contribution in [1.29, 1.82) is 0 Å². The van der Waals surface area contributed by atoms with E-state index in [0.29, 0.717) is 38.5 Å². The summed E-state index contributed by atoms with van der Waals surface area (Å²) in [6, 6.07) is 13.6. The van der Waals surface area contributed by atoms with Crippen molar-refractivity contribution in [3.8, 4) is 15.6 Å². The van der Waals surface area contributed by atoms with E-state index < -0.39 is 0 Å². The molecule has 11 heteroatoms. The highest BCUT2D eigenvalue weighted by Crippen LogP contribution is 2.33. The summed E-state index contributed by atoms with van der Waals surface area (Å²) in [5.74, 6) is 0.778. The van der Waals surface area contributed by atoms with Gasteiger partial charge in [-0.2, -0.15) is 4.68 Å². The highest BCUT2D eigenvalue weighted by Gasteiger charge is 2.25. The molecule has 1 saturated heterocycles. The summed E-state index contributed by atoms with van der Waals surface area (Å²) in [6.07, 6.45) is 0.303. The SMILES string of the molecule is O=C(Cc1csc(-c2ccc(Cl)s2)n1)N1CCN(c2nnnn2-c2ccccc2)CC1. The summed E-state index contributed by atoms with van der Waals surface area (Å²) in [5.41, 5.74) is 1.71. The van der Waals surface area contributed by atoms with Gasteiger partial charge in [0.25, 0.3) is 0 Å². The quantitative estimate of drug-likeness (QED) is 0.444. The van der Waals surface area contributed by atoms with Crippen LogP contribution in [0, 0.1) is 0 Å². The third-order valence-electron chi connectivity index (χ3n) is 5.04. The minimum atomic E-state index is 0.0864. The molecule has 1 aliphatic heterocycles. The molecule has 0 saturated carbocycles. The van der Waals surface area contributed by atoms with Gasteiger partial charge in [0.2, 0.25) is 11.9 Å². The zero-order chi connectivity index (χ0) is 21.2. The van der Waals surface area contributed by atoms with Crippen LogP contribution in [0.3, 0.4) is 0 Å². The Kier molecular flexibility index (Phi) is 5.66. The van der Waals surface area contributed by atoms with Crippen molar-refractivity contribution < 1.29 is 4.79 Å². The summed E-state index contributed by atoms with van der Waals surface area (Å²) in [5, 5.41) is 15.0. The first kappa shape index (κ1) is 20.1. The van der Waals surface area contributed by atoms with E-state index in [-0.39, 0.29) is 5.91 Å². The zero-order valence-electron chi connectivity index (χ0n) is 16.4. The molecule has 31 heavy (non-hydrogen) atoms. The van der Waals surface area contributed by atoms with Gasteiger partial charge in [0, 0.05) is 31.6 Å². The minimum absolute atomic E-state index is 0.0864. The molecule has 8 nitrogen and oxygen atoms in total. The van der Waals surface area contributed by atoms with Gasteiger partial charge in [-0.1, -0.05) is 34.9 Å². The van der Waals surface area contributed by atoms with Crippen molar-refractivity contribution in [3.63, 3.8) is 0 Å². The van der Waals surface area contributed by atoms with Gasteiger partial charge in [0.1, 0.15) is 5.01 Å². The van der Waals surface area contributed by atoms with E-state index in [4.69, 9.17) is 11.6 Å². The van der Waals surface area contributed by atoms with Crippen LogP contribution in [0.15, 0.2) is 47.8 Å². The maximum absolute atomic E-state index is 12.8. The largest absolute Gasteiger partial charge is 0.339 e. The fourth-order valence-electron chi connectivity index (χ4n) is 3.47. The summed E-state index contributed by atoms with van der Waals surface area (Å²) < 4.78 is 2.46.